The van der Waals surface area contributed by atoms with Crippen LogP contribution in [0.2, 0.25) is 0 Å². The molecule has 0 fully saturated rings. The first-order valence-corrected chi connectivity index (χ1v) is 3.97. The largest absolute Gasteiger partial charge is 0.425 e. The summed E-state index contributed by atoms with van der Waals surface area (Å²) >= 11 is 0. The molecule has 1 aromatic heterocycles. The van der Waals surface area contributed by atoms with Gasteiger partial charge < -0.3 is 5.23 Å². The molecule has 3 heteroatoms. The quantitative estimate of drug-likeness (QED) is 0.598. The summed E-state index contributed by atoms with van der Waals surface area (Å²) in [6.07, 6.45) is 7.73. The topological polar surface area (TPSA) is 24.9 Å². The van der Waals surface area contributed by atoms with Gasteiger partial charge in [-0.15, -0.1) is 0 Å². The van der Waals surface area contributed by atoms with Crippen LogP contribution in [0.3, 0.4) is 0 Å². The number of nitrogens with zero attached hydrogens (tertiary/aromatic N) is 1. The van der Waals surface area contributed by atoms with Gasteiger partial charge in [0.05, 0.1) is 0 Å². The number of aromatic nitrogens is 1. The highest BCUT2D eigenvalue weighted by molar-refractivity contribution is 6.75. The van der Waals surface area contributed by atoms with Crippen molar-refractivity contribution in [2.45, 2.75) is 0 Å². The molecule has 0 radical (unpaired) electrons. The zero-order chi connectivity index (χ0) is 8.23. The fourth-order valence-corrected chi connectivity index (χ4v) is 1.19. The lowest BCUT2D eigenvalue weighted by Gasteiger charge is -2.10. The van der Waals surface area contributed by atoms with Crippen molar-refractivity contribution in [3.8, 4) is 0 Å². The molecule has 1 aliphatic rings. The molecule has 2 heterocycles. The highest BCUT2D eigenvalue weighted by Gasteiger charge is 2.13. The summed E-state index contributed by atoms with van der Waals surface area (Å²) < 4.78 is 0. The first kappa shape index (κ1) is 7.16. The van der Waals surface area contributed by atoms with Crippen molar-refractivity contribution in [3.63, 3.8) is 0 Å². The van der Waals surface area contributed by atoms with Crippen molar-refractivity contribution < 1.29 is 0 Å². The Labute approximate surface area is 72.1 Å². The van der Waals surface area contributed by atoms with Crippen molar-refractivity contribution in [2.24, 2.45) is 0 Å². The van der Waals surface area contributed by atoms with E-state index in [1.165, 1.54) is 0 Å². The lowest BCUT2D eigenvalue weighted by molar-refractivity contribution is 1.29. The summed E-state index contributed by atoms with van der Waals surface area (Å²) in [6.45, 7) is 0.233. The molecule has 0 saturated heterocycles. The van der Waals surface area contributed by atoms with Crippen molar-refractivity contribution >= 4 is 12.4 Å². The van der Waals surface area contributed by atoms with Crippen LogP contribution in [0.4, 0.5) is 0 Å². The van der Waals surface area contributed by atoms with E-state index < -0.39 is 0 Å². The number of nitrogens with one attached hydrogen (secondary N) is 1. The second-order valence-electron chi connectivity index (χ2n) is 2.64. The number of rotatable bonds is 1. The van der Waals surface area contributed by atoms with Crippen LogP contribution in [0.1, 0.15) is 0 Å². The molecular formula is C9H9BN2. The molecule has 1 N–H and O–H groups in total. The molecule has 2 nitrogen and oxygen atoms in total. The Hall–Kier alpha value is -1.51. The van der Waals surface area contributed by atoms with Gasteiger partial charge in [-0.3, -0.25) is 4.98 Å². The minimum Gasteiger partial charge on any atom is -0.425 e. The summed E-state index contributed by atoms with van der Waals surface area (Å²) in [5.74, 6) is 2.09. The smallest absolute Gasteiger partial charge is 0.333 e. The highest BCUT2D eigenvalue weighted by atomic mass is 14.8. The van der Waals surface area contributed by atoms with Crippen molar-refractivity contribution in [1.29, 1.82) is 0 Å². The van der Waals surface area contributed by atoms with Gasteiger partial charge in [0.1, 0.15) is 0 Å². The fourth-order valence-electron chi connectivity index (χ4n) is 1.19. The zero-order valence-corrected chi connectivity index (χ0v) is 6.64. The van der Waals surface area contributed by atoms with Crippen LogP contribution < -0.4 is 10.8 Å². The predicted octanol–water partition coefficient (Wildman–Crippen LogP) is 0.492. The summed E-state index contributed by atoms with van der Waals surface area (Å²) in [5, 5.41) is 3.21. The summed E-state index contributed by atoms with van der Waals surface area (Å²) in [5.41, 5.74) is 1.05. The molecule has 0 amide bonds. The van der Waals surface area contributed by atoms with Crippen LogP contribution in [-0.2, 0) is 0 Å². The Balaban J connectivity index is 2.21. The summed E-state index contributed by atoms with van der Waals surface area (Å²) in [4.78, 5) is 4.25. The van der Waals surface area contributed by atoms with E-state index in [0.717, 1.165) is 5.59 Å². The van der Waals surface area contributed by atoms with Gasteiger partial charge in [0.2, 0.25) is 0 Å². The third-order valence-corrected chi connectivity index (χ3v) is 1.79. The third-order valence-electron chi connectivity index (χ3n) is 1.79. The molecule has 0 spiro atoms. The molecule has 1 aliphatic heterocycles. The molecule has 0 aromatic carbocycles. The van der Waals surface area contributed by atoms with Crippen LogP contribution >= 0.6 is 0 Å². The third kappa shape index (κ3) is 1.40. The van der Waals surface area contributed by atoms with E-state index in [0.29, 0.717) is 0 Å². The molecule has 1 aromatic rings. The van der Waals surface area contributed by atoms with Gasteiger partial charge in [0, 0.05) is 11.8 Å². The average molecular weight is 156 g/mol. The van der Waals surface area contributed by atoms with Crippen LogP contribution in [0.15, 0.2) is 48.7 Å². The van der Waals surface area contributed by atoms with Gasteiger partial charge in [0.15, 0.2) is 0 Å². The minimum absolute atomic E-state index is 0.233. The first-order chi connectivity index (χ1) is 5.97. The monoisotopic (exact) mass is 156 g/mol. The molecule has 0 aliphatic carbocycles. The second-order valence-corrected chi connectivity index (χ2v) is 2.64. The Morgan fingerprint density at radius 3 is 2.92 bits per heavy atom. The normalized spacial score (nSPS) is 14.5. The van der Waals surface area contributed by atoms with Gasteiger partial charge in [0.25, 0.3) is 0 Å². The maximum absolute atomic E-state index is 4.25. The highest BCUT2D eigenvalue weighted by Crippen LogP contribution is 1.90. The molecule has 0 unspecified atom stereocenters. The number of allylic oxidation sites excluding steroid dienone is 2. The van der Waals surface area contributed by atoms with Crippen LogP contribution in [0.5, 0.6) is 0 Å². The van der Waals surface area contributed by atoms with E-state index in [2.05, 4.69) is 16.2 Å². The van der Waals surface area contributed by atoms with Gasteiger partial charge in [-0.2, -0.15) is 0 Å². The lowest BCUT2D eigenvalue weighted by atomic mass is 9.58. The van der Waals surface area contributed by atoms with E-state index in [1.807, 2.05) is 42.7 Å². The van der Waals surface area contributed by atoms with E-state index in [4.69, 9.17) is 0 Å². The standard InChI is InChI=1S/C9H9BN2/c1-3-7-11-9(5-1)10-6-2-4-8-12-10/h1-8,12H. The molecule has 2 rings (SSSR count). The fraction of sp³-hybridized carbons (Fsp3) is 0. The van der Waals surface area contributed by atoms with Gasteiger partial charge in [-0.25, -0.2) is 0 Å². The van der Waals surface area contributed by atoms with Gasteiger partial charge >= 0.3 is 6.85 Å². The number of hydrogen-bond donors (Lipinski definition) is 1. The molecule has 58 valence electrons. The Morgan fingerprint density at radius 2 is 2.25 bits per heavy atom. The Kier molecular flexibility index (Phi) is 1.95. The van der Waals surface area contributed by atoms with E-state index in [-0.39, 0.29) is 6.85 Å². The molecule has 0 atom stereocenters. The SMILES string of the molecule is C1=CNB(c2ccccn2)C=C1. The average Bonchev–Trinajstić information content (AvgIpc) is 2.21. The minimum atomic E-state index is 0.233. The Morgan fingerprint density at radius 1 is 1.25 bits per heavy atom. The van der Waals surface area contributed by atoms with Crippen molar-refractivity contribution in [3.05, 3.63) is 48.7 Å². The van der Waals surface area contributed by atoms with Crippen LogP contribution in [0, 0.1) is 0 Å². The maximum Gasteiger partial charge on any atom is 0.333 e. The maximum atomic E-state index is 4.25. The summed E-state index contributed by atoms with van der Waals surface area (Å²) in [7, 11) is 0. The molecule has 0 saturated carbocycles. The zero-order valence-electron chi connectivity index (χ0n) is 6.64. The van der Waals surface area contributed by atoms with Crippen LogP contribution in [0.25, 0.3) is 0 Å². The van der Waals surface area contributed by atoms with E-state index in [1.54, 1.807) is 0 Å². The summed E-state index contributed by atoms with van der Waals surface area (Å²) in [6, 6.07) is 5.93. The lowest BCUT2D eigenvalue weighted by Crippen LogP contribution is -2.43. The van der Waals surface area contributed by atoms with Gasteiger partial charge in [-0.05, 0) is 24.4 Å². The van der Waals surface area contributed by atoms with Crippen molar-refractivity contribution in [1.82, 2.24) is 10.2 Å². The van der Waals surface area contributed by atoms with E-state index in [9.17, 15) is 0 Å². The van der Waals surface area contributed by atoms with Crippen molar-refractivity contribution in [2.75, 3.05) is 0 Å². The predicted molar refractivity (Wildman–Crippen MR) is 51.0 cm³/mol. The second kappa shape index (κ2) is 3.26. The molecule has 12 heavy (non-hydrogen) atoms. The van der Waals surface area contributed by atoms with Gasteiger partial charge in [-0.1, -0.05) is 18.1 Å². The first-order valence-electron chi connectivity index (χ1n) is 3.97. The number of pyridine rings is 1. The molecular weight excluding hydrogens is 147 g/mol. The van der Waals surface area contributed by atoms with Crippen LogP contribution in [-0.4, -0.2) is 11.8 Å². The number of hydrogen-bond acceptors (Lipinski definition) is 2. The molecule has 0 bridgehead atoms. The Bertz CT molecular complexity index is 306. The van der Waals surface area contributed by atoms with E-state index >= 15 is 0 Å².